The molecule has 0 bridgehead atoms. The number of rotatable bonds is 0. The molecule has 0 N–H and O–H groups in total. The first-order valence-corrected chi connectivity index (χ1v) is 3.60. The third kappa shape index (κ3) is 1.09. The molecule has 0 aliphatic rings. The molecule has 53 valence electrons. The lowest BCUT2D eigenvalue weighted by Crippen LogP contribution is -1.81. The first kappa shape index (κ1) is 6.35. The molecule has 0 unspecified atom stereocenters. The summed E-state index contributed by atoms with van der Waals surface area (Å²) in [6.45, 7) is 1.99. The Morgan fingerprint density at radius 2 is 2.18 bits per heavy atom. The normalized spacial score (nSPS) is 10.3. The summed E-state index contributed by atoms with van der Waals surface area (Å²) in [6, 6.07) is 13.0. The Kier molecular flexibility index (Phi) is 1.35. The minimum Gasteiger partial charge on any atom is -0.252 e. The number of hydrogen-bond acceptors (Lipinski definition) is 1. The molecule has 0 atom stereocenters. The van der Waals surface area contributed by atoms with E-state index in [4.69, 9.17) is 0 Å². The molecule has 1 radical (unpaired) electrons. The predicted molar refractivity (Wildman–Crippen MR) is 45.3 cm³/mol. The molecule has 0 saturated carbocycles. The standard InChI is InChI=1S/C10H8N/c1-8-6-7-9-4-2-3-5-10(9)11-8/h2-4,6-7H,1H3. The van der Waals surface area contributed by atoms with E-state index in [0.29, 0.717) is 0 Å². The van der Waals surface area contributed by atoms with Gasteiger partial charge in [0, 0.05) is 17.1 Å². The van der Waals surface area contributed by atoms with Crippen LogP contribution >= 0.6 is 0 Å². The van der Waals surface area contributed by atoms with Crippen LogP contribution in [0.4, 0.5) is 0 Å². The first-order valence-electron chi connectivity index (χ1n) is 3.60. The number of hydrogen-bond donors (Lipinski definition) is 0. The van der Waals surface area contributed by atoms with Gasteiger partial charge in [-0.15, -0.1) is 0 Å². The van der Waals surface area contributed by atoms with Crippen molar-refractivity contribution in [3.05, 3.63) is 42.1 Å². The summed E-state index contributed by atoms with van der Waals surface area (Å²) in [5.74, 6) is 0. The van der Waals surface area contributed by atoms with E-state index in [-0.39, 0.29) is 0 Å². The maximum Gasteiger partial charge on any atom is 0.0784 e. The second-order valence-corrected chi connectivity index (χ2v) is 2.56. The van der Waals surface area contributed by atoms with Crippen LogP contribution in [-0.2, 0) is 0 Å². The number of benzene rings is 1. The van der Waals surface area contributed by atoms with Crippen LogP contribution in [0.25, 0.3) is 10.9 Å². The van der Waals surface area contributed by atoms with Gasteiger partial charge < -0.3 is 0 Å². The molecule has 0 spiro atoms. The molecule has 2 rings (SSSR count). The fourth-order valence-corrected chi connectivity index (χ4v) is 1.10. The van der Waals surface area contributed by atoms with Gasteiger partial charge in [0.05, 0.1) is 5.52 Å². The Morgan fingerprint density at radius 3 is 3.09 bits per heavy atom. The summed E-state index contributed by atoms with van der Waals surface area (Å²) in [6.07, 6.45) is 0. The van der Waals surface area contributed by atoms with Crippen LogP contribution in [-0.4, -0.2) is 4.98 Å². The molecule has 1 aromatic carbocycles. The Morgan fingerprint density at radius 1 is 1.27 bits per heavy atom. The van der Waals surface area contributed by atoms with E-state index in [0.717, 1.165) is 16.6 Å². The summed E-state index contributed by atoms with van der Waals surface area (Å²) in [4.78, 5) is 4.32. The van der Waals surface area contributed by atoms with Gasteiger partial charge in [-0.05, 0) is 13.0 Å². The number of nitrogens with zero attached hydrogens (tertiary/aromatic N) is 1. The van der Waals surface area contributed by atoms with Crippen molar-refractivity contribution in [3.63, 3.8) is 0 Å². The Hall–Kier alpha value is -1.37. The molecule has 1 heteroatoms. The fourth-order valence-electron chi connectivity index (χ4n) is 1.10. The number of aromatic nitrogens is 1. The SMILES string of the molecule is Cc1ccc2ccc[c]c2n1. The maximum atomic E-state index is 4.32. The van der Waals surface area contributed by atoms with Crippen LogP contribution in [0, 0.1) is 13.0 Å². The van der Waals surface area contributed by atoms with Crippen LogP contribution in [0.15, 0.2) is 30.3 Å². The summed E-state index contributed by atoms with van der Waals surface area (Å²) >= 11 is 0. The highest BCUT2D eigenvalue weighted by Gasteiger charge is 1.91. The van der Waals surface area contributed by atoms with Crippen molar-refractivity contribution in [2.24, 2.45) is 0 Å². The van der Waals surface area contributed by atoms with Crippen LogP contribution < -0.4 is 0 Å². The molecule has 0 amide bonds. The molecule has 11 heavy (non-hydrogen) atoms. The summed E-state index contributed by atoms with van der Waals surface area (Å²) in [7, 11) is 0. The minimum absolute atomic E-state index is 0.951. The lowest BCUT2D eigenvalue weighted by Gasteiger charge is -1.95. The number of pyridine rings is 1. The molecule has 1 aromatic heterocycles. The Labute approximate surface area is 65.7 Å². The predicted octanol–water partition coefficient (Wildman–Crippen LogP) is 2.34. The lowest BCUT2D eigenvalue weighted by atomic mass is 10.2. The zero-order chi connectivity index (χ0) is 7.68. The van der Waals surface area contributed by atoms with Crippen molar-refractivity contribution >= 4 is 10.9 Å². The summed E-state index contributed by atoms with van der Waals surface area (Å²) in [5, 5.41) is 1.15. The van der Waals surface area contributed by atoms with Crippen molar-refractivity contribution in [1.29, 1.82) is 0 Å². The van der Waals surface area contributed by atoms with Gasteiger partial charge in [-0.25, -0.2) is 0 Å². The van der Waals surface area contributed by atoms with E-state index in [1.807, 2.05) is 31.2 Å². The second kappa shape index (κ2) is 2.35. The van der Waals surface area contributed by atoms with Crippen LogP contribution in [0.1, 0.15) is 5.69 Å². The highest BCUT2D eigenvalue weighted by molar-refractivity contribution is 5.77. The summed E-state index contributed by atoms with van der Waals surface area (Å²) < 4.78 is 0. The van der Waals surface area contributed by atoms with Crippen molar-refractivity contribution in [1.82, 2.24) is 4.98 Å². The molecule has 2 aromatic rings. The van der Waals surface area contributed by atoms with Crippen LogP contribution in [0.5, 0.6) is 0 Å². The smallest absolute Gasteiger partial charge is 0.0784 e. The highest BCUT2D eigenvalue weighted by atomic mass is 14.7. The van der Waals surface area contributed by atoms with Gasteiger partial charge in [-0.1, -0.05) is 24.3 Å². The number of fused-ring (bicyclic) bond motifs is 1. The molecule has 0 saturated heterocycles. The number of aryl methyl sites for hydroxylation is 1. The molecular formula is C10H8N. The van der Waals surface area contributed by atoms with Gasteiger partial charge in [0.2, 0.25) is 0 Å². The van der Waals surface area contributed by atoms with Gasteiger partial charge in [-0.2, -0.15) is 0 Å². The average molecular weight is 142 g/mol. The average Bonchev–Trinajstić information content (AvgIpc) is 2.04. The number of para-hydroxylation sites is 1. The molecule has 0 aliphatic carbocycles. The van der Waals surface area contributed by atoms with Crippen molar-refractivity contribution in [2.45, 2.75) is 6.92 Å². The van der Waals surface area contributed by atoms with Crippen molar-refractivity contribution < 1.29 is 0 Å². The third-order valence-electron chi connectivity index (χ3n) is 1.66. The second-order valence-electron chi connectivity index (χ2n) is 2.56. The van der Waals surface area contributed by atoms with Gasteiger partial charge in [0.15, 0.2) is 0 Å². The van der Waals surface area contributed by atoms with Crippen LogP contribution in [0.3, 0.4) is 0 Å². The van der Waals surface area contributed by atoms with E-state index in [9.17, 15) is 0 Å². The zero-order valence-electron chi connectivity index (χ0n) is 6.33. The van der Waals surface area contributed by atoms with Gasteiger partial charge >= 0.3 is 0 Å². The quantitative estimate of drug-likeness (QED) is 0.550. The lowest BCUT2D eigenvalue weighted by molar-refractivity contribution is 1.25. The first-order chi connectivity index (χ1) is 5.36. The van der Waals surface area contributed by atoms with E-state index in [1.165, 1.54) is 0 Å². The monoisotopic (exact) mass is 142 g/mol. The van der Waals surface area contributed by atoms with E-state index >= 15 is 0 Å². The Balaban J connectivity index is 2.83. The molecular weight excluding hydrogens is 134 g/mol. The van der Waals surface area contributed by atoms with E-state index in [1.54, 1.807) is 0 Å². The maximum absolute atomic E-state index is 4.32. The zero-order valence-corrected chi connectivity index (χ0v) is 6.33. The molecule has 1 heterocycles. The topological polar surface area (TPSA) is 12.9 Å². The van der Waals surface area contributed by atoms with Crippen molar-refractivity contribution in [2.75, 3.05) is 0 Å². The fraction of sp³-hybridized carbons (Fsp3) is 0.100. The van der Waals surface area contributed by atoms with Gasteiger partial charge in [0.1, 0.15) is 0 Å². The molecule has 0 fully saturated rings. The largest absolute Gasteiger partial charge is 0.252 e. The van der Waals surface area contributed by atoms with Gasteiger partial charge in [-0.3, -0.25) is 4.98 Å². The van der Waals surface area contributed by atoms with Crippen LogP contribution in [0.2, 0.25) is 0 Å². The minimum atomic E-state index is 0.951. The summed E-state index contributed by atoms with van der Waals surface area (Å²) in [5.41, 5.74) is 1.99. The third-order valence-corrected chi connectivity index (χ3v) is 1.66. The molecule has 0 aliphatic heterocycles. The highest BCUT2D eigenvalue weighted by Crippen LogP contribution is 2.09. The molecule has 1 nitrogen and oxygen atoms in total. The van der Waals surface area contributed by atoms with E-state index < -0.39 is 0 Å². The van der Waals surface area contributed by atoms with E-state index in [2.05, 4.69) is 17.1 Å². The Bertz CT molecular complexity index is 379. The van der Waals surface area contributed by atoms with Gasteiger partial charge in [0.25, 0.3) is 0 Å². The van der Waals surface area contributed by atoms with Crippen molar-refractivity contribution in [3.8, 4) is 0 Å².